The van der Waals surface area contributed by atoms with E-state index in [2.05, 4.69) is 19.0 Å². The third-order valence-corrected chi connectivity index (χ3v) is 8.56. The average molecular weight is 507 g/mol. The van der Waals surface area contributed by atoms with E-state index < -0.39 is 10.0 Å². The van der Waals surface area contributed by atoms with Crippen LogP contribution in [0.3, 0.4) is 0 Å². The molecule has 7 nitrogen and oxygen atoms in total. The lowest BCUT2D eigenvalue weighted by molar-refractivity contribution is 0.0394. The summed E-state index contributed by atoms with van der Waals surface area (Å²) in [5.74, 6) is 0.173. The fourth-order valence-electron chi connectivity index (χ4n) is 4.84. The number of benzene rings is 2. The number of nitrogens with one attached hydrogen (secondary N) is 1. The Morgan fingerprint density at radius 3 is 2.71 bits per heavy atom. The molecule has 180 valence electrons. The van der Waals surface area contributed by atoms with E-state index >= 15 is 0 Å². The molecule has 0 radical (unpaired) electrons. The van der Waals surface area contributed by atoms with Crippen LogP contribution in [0.1, 0.15) is 42.5 Å². The van der Waals surface area contributed by atoms with Crippen LogP contribution in [-0.2, 0) is 10.0 Å². The van der Waals surface area contributed by atoms with Crippen molar-refractivity contribution in [2.45, 2.75) is 36.2 Å². The molecule has 5 rings (SSSR count). The molecular weight excluding hydrogens is 482 g/mol. The molecule has 2 aromatic carbocycles. The zero-order valence-corrected chi connectivity index (χ0v) is 19.9. The number of rotatable bonds is 6. The summed E-state index contributed by atoms with van der Waals surface area (Å²) in [5, 5.41) is 0.189. The Morgan fingerprint density at radius 2 is 1.97 bits per heavy atom. The number of aromatic nitrogens is 2. The van der Waals surface area contributed by atoms with Crippen LogP contribution in [0.5, 0.6) is 5.75 Å². The molecule has 1 fully saturated rings. The fourth-order valence-corrected chi connectivity index (χ4v) is 6.51. The van der Waals surface area contributed by atoms with Crippen molar-refractivity contribution in [3.8, 4) is 5.75 Å². The molecule has 0 saturated carbocycles. The van der Waals surface area contributed by atoms with Crippen LogP contribution in [0.2, 0.25) is 0 Å². The van der Waals surface area contributed by atoms with E-state index in [1.165, 1.54) is 24.5 Å². The average Bonchev–Trinajstić information content (AvgIpc) is 3.36. The number of piperidine rings is 1. The van der Waals surface area contributed by atoms with Gasteiger partial charge in [0, 0.05) is 41.7 Å². The summed E-state index contributed by atoms with van der Waals surface area (Å²) in [6.07, 6.45) is 3.39. The second kappa shape index (κ2) is 9.55. The Hall–Kier alpha value is -2.63. The summed E-state index contributed by atoms with van der Waals surface area (Å²) in [5.41, 5.74) is 1.85. The van der Waals surface area contributed by atoms with E-state index in [1.54, 1.807) is 24.3 Å². The maximum absolute atomic E-state index is 13.6. The number of hydrogen-bond donors (Lipinski definition) is 1. The van der Waals surface area contributed by atoms with Crippen molar-refractivity contribution >= 4 is 26.7 Å². The molecule has 1 aromatic heterocycles. The Kier molecular flexibility index (Phi) is 6.50. The largest absolute Gasteiger partial charge is 0.493 e. The first kappa shape index (κ1) is 23.1. The van der Waals surface area contributed by atoms with Crippen molar-refractivity contribution in [1.29, 1.82) is 0 Å². The lowest BCUT2D eigenvalue weighted by Crippen LogP contribution is -2.41. The van der Waals surface area contributed by atoms with Gasteiger partial charge in [0.2, 0.25) is 5.13 Å². The molecule has 11 heteroatoms. The van der Waals surface area contributed by atoms with Gasteiger partial charge in [-0.2, -0.15) is 4.37 Å². The summed E-state index contributed by atoms with van der Waals surface area (Å²) < 4.78 is 64.8. The number of anilines is 1. The van der Waals surface area contributed by atoms with Crippen LogP contribution in [0.15, 0.2) is 53.7 Å². The first-order valence-corrected chi connectivity index (χ1v) is 13.3. The summed E-state index contributed by atoms with van der Waals surface area (Å²) in [6.45, 7) is 0.752. The smallest absolute Gasteiger partial charge is 0.263 e. The number of fused-ring (bicyclic) bond motifs is 1. The van der Waals surface area contributed by atoms with Crippen LogP contribution in [0.4, 0.5) is 13.9 Å². The molecule has 2 aliphatic heterocycles. The Bertz CT molecular complexity index is 1240. The topological polar surface area (TPSA) is 84.4 Å². The van der Waals surface area contributed by atoms with Gasteiger partial charge in [-0.15, -0.1) is 0 Å². The highest BCUT2D eigenvalue weighted by Crippen LogP contribution is 2.45. The van der Waals surface area contributed by atoms with E-state index in [4.69, 9.17) is 4.74 Å². The number of hydrogen-bond acceptors (Lipinski definition) is 7. The normalized spacial score (nSPS) is 23.2. The number of nitrogens with zero attached hydrogens (tertiary/aromatic N) is 3. The van der Waals surface area contributed by atoms with Crippen molar-refractivity contribution in [1.82, 2.24) is 14.3 Å². The van der Waals surface area contributed by atoms with Crippen molar-refractivity contribution in [3.05, 3.63) is 65.7 Å². The van der Waals surface area contributed by atoms with Gasteiger partial charge in [0.05, 0.1) is 18.2 Å². The van der Waals surface area contributed by atoms with Gasteiger partial charge in [-0.25, -0.2) is 17.8 Å². The highest BCUT2D eigenvalue weighted by molar-refractivity contribution is 7.93. The summed E-state index contributed by atoms with van der Waals surface area (Å²) >= 11 is 0.954. The van der Waals surface area contributed by atoms with Crippen LogP contribution in [0, 0.1) is 11.7 Å². The van der Waals surface area contributed by atoms with Gasteiger partial charge in [-0.1, -0.05) is 18.2 Å². The molecule has 3 atom stereocenters. The van der Waals surface area contributed by atoms with Crippen LogP contribution < -0.4 is 9.46 Å². The monoisotopic (exact) mass is 506 g/mol. The molecule has 3 heterocycles. The maximum atomic E-state index is 13.6. The lowest BCUT2D eigenvalue weighted by Gasteiger charge is -2.45. The van der Waals surface area contributed by atoms with E-state index in [9.17, 15) is 17.2 Å². The van der Waals surface area contributed by atoms with Gasteiger partial charge < -0.3 is 4.74 Å². The summed E-state index contributed by atoms with van der Waals surface area (Å²) in [6, 6.07) is 11.2. The predicted molar refractivity (Wildman–Crippen MR) is 125 cm³/mol. The number of sulfonamides is 1. The van der Waals surface area contributed by atoms with Crippen molar-refractivity contribution in [2.24, 2.45) is 5.92 Å². The zero-order chi connectivity index (χ0) is 23.7. The zero-order valence-electron chi connectivity index (χ0n) is 18.2. The Balaban J connectivity index is 1.45. The van der Waals surface area contributed by atoms with E-state index in [0.717, 1.165) is 35.5 Å². The maximum Gasteiger partial charge on any atom is 0.263 e. The van der Waals surface area contributed by atoms with Crippen LogP contribution in [-0.4, -0.2) is 42.5 Å². The minimum absolute atomic E-state index is 0.0211. The third kappa shape index (κ3) is 4.64. The first-order chi connectivity index (χ1) is 16.4. The van der Waals surface area contributed by atoms with Crippen LogP contribution in [0.25, 0.3) is 0 Å². The SMILES string of the molecule is O=S(=O)(Nc1ncns1)c1ccc2c(c1)OCC[C@H]2N1CC[C@@H](CF)C[C@@H]1c1ccc(F)cc1. The summed E-state index contributed by atoms with van der Waals surface area (Å²) in [7, 11) is -3.84. The van der Waals surface area contributed by atoms with E-state index in [0.29, 0.717) is 25.3 Å². The fraction of sp³-hybridized carbons (Fsp3) is 0.391. The highest BCUT2D eigenvalue weighted by atomic mass is 32.2. The molecule has 0 amide bonds. The quantitative estimate of drug-likeness (QED) is 0.521. The summed E-state index contributed by atoms with van der Waals surface area (Å²) in [4.78, 5) is 6.28. The van der Waals surface area contributed by atoms with Gasteiger partial charge in [0.25, 0.3) is 10.0 Å². The van der Waals surface area contributed by atoms with Crippen molar-refractivity contribution in [2.75, 3.05) is 24.5 Å². The molecule has 0 aliphatic carbocycles. The predicted octanol–water partition coefficient (Wildman–Crippen LogP) is 4.72. The Morgan fingerprint density at radius 1 is 1.15 bits per heavy atom. The third-order valence-electron chi connectivity index (χ3n) is 6.51. The van der Waals surface area contributed by atoms with Crippen molar-refractivity contribution in [3.63, 3.8) is 0 Å². The minimum Gasteiger partial charge on any atom is -0.493 e. The first-order valence-electron chi connectivity index (χ1n) is 11.1. The standard InChI is InChI=1S/C23H24F2N4O3S2/c24-13-15-7-9-29(21(11-15)16-1-3-17(25)4-2-16)20-8-10-32-22-12-18(5-6-19(20)22)34(30,31)28-23-26-14-27-33-23/h1-6,12,14-15,20-21H,7-11,13H2,(H,26,27,28)/t15-,20-,21-/m1/s1. The number of alkyl halides is 1. The van der Waals surface area contributed by atoms with Crippen molar-refractivity contribution < 1.29 is 21.9 Å². The second-order valence-electron chi connectivity index (χ2n) is 8.55. The molecule has 0 spiro atoms. The minimum atomic E-state index is -3.84. The molecule has 34 heavy (non-hydrogen) atoms. The van der Waals surface area contributed by atoms with E-state index in [1.807, 2.05) is 0 Å². The van der Waals surface area contributed by atoms with Gasteiger partial charge in [-0.05, 0) is 49.1 Å². The van der Waals surface area contributed by atoms with Crippen LogP contribution >= 0.6 is 11.5 Å². The number of likely N-dealkylation sites (tertiary alicyclic amines) is 1. The molecule has 2 aliphatic rings. The van der Waals surface area contributed by atoms with Gasteiger partial charge in [-0.3, -0.25) is 14.0 Å². The highest BCUT2D eigenvalue weighted by Gasteiger charge is 2.37. The Labute approximate surface area is 201 Å². The molecule has 1 saturated heterocycles. The van der Waals surface area contributed by atoms with Gasteiger partial charge in [0.15, 0.2) is 0 Å². The number of ether oxygens (including phenoxy) is 1. The molecule has 3 aromatic rings. The number of halogens is 2. The molecule has 0 unspecified atom stereocenters. The molecule has 0 bridgehead atoms. The lowest BCUT2D eigenvalue weighted by atomic mass is 9.85. The van der Waals surface area contributed by atoms with E-state index in [-0.39, 0.29) is 40.5 Å². The van der Waals surface area contributed by atoms with Gasteiger partial charge >= 0.3 is 0 Å². The second-order valence-corrected chi connectivity index (χ2v) is 11.0. The van der Waals surface area contributed by atoms with Gasteiger partial charge in [0.1, 0.15) is 17.9 Å². The molecular formula is C23H24F2N4O3S2. The molecule has 1 N–H and O–H groups in total.